The van der Waals surface area contributed by atoms with Crippen LogP contribution in [0, 0.1) is 6.92 Å². The van der Waals surface area contributed by atoms with Crippen molar-refractivity contribution in [2.75, 3.05) is 0 Å². The third-order valence-electron chi connectivity index (χ3n) is 3.24. The number of unbranched alkanes of at least 4 members (excludes halogenated alkanes) is 2. The van der Waals surface area contributed by atoms with Crippen molar-refractivity contribution in [3.63, 3.8) is 0 Å². The molecule has 0 heterocycles. The molecule has 0 N–H and O–H groups in total. The Balaban J connectivity index is 2.16. The zero-order valence-electron chi connectivity index (χ0n) is 10.3. The smallest absolute Gasteiger partial charge is 0.00229 e. The van der Waals surface area contributed by atoms with Crippen molar-refractivity contribution < 1.29 is 0 Å². The highest BCUT2D eigenvalue weighted by atomic mass is 14.1. The molecule has 0 bridgehead atoms. The van der Waals surface area contributed by atoms with E-state index in [1.165, 1.54) is 41.5 Å². The number of hydrogen-bond acceptors (Lipinski definition) is 0. The average molecular weight is 212 g/mol. The summed E-state index contributed by atoms with van der Waals surface area (Å²) in [4.78, 5) is 0. The Morgan fingerprint density at radius 3 is 2.94 bits per heavy atom. The van der Waals surface area contributed by atoms with Crippen LogP contribution < -0.4 is 0 Å². The van der Waals surface area contributed by atoms with Gasteiger partial charge >= 0.3 is 0 Å². The monoisotopic (exact) mass is 212 g/mol. The molecule has 0 amide bonds. The molecule has 1 aromatic rings. The molecule has 0 unspecified atom stereocenters. The maximum absolute atomic E-state index is 2.39. The molecular weight excluding hydrogens is 192 g/mol. The molecule has 0 heteroatoms. The van der Waals surface area contributed by atoms with Crippen LogP contribution in [0.25, 0.3) is 6.08 Å². The molecule has 0 spiro atoms. The Kier molecular flexibility index (Phi) is 3.61. The third kappa shape index (κ3) is 2.44. The van der Waals surface area contributed by atoms with Crippen LogP contribution in [0.2, 0.25) is 0 Å². The van der Waals surface area contributed by atoms with Gasteiger partial charge in [-0.05, 0) is 42.0 Å². The van der Waals surface area contributed by atoms with E-state index in [2.05, 4.69) is 50.3 Å². The molecule has 0 atom stereocenters. The highest BCUT2D eigenvalue weighted by molar-refractivity contribution is 5.64. The quantitative estimate of drug-likeness (QED) is 0.638. The Morgan fingerprint density at radius 1 is 1.25 bits per heavy atom. The van der Waals surface area contributed by atoms with Crippen molar-refractivity contribution in [1.82, 2.24) is 0 Å². The lowest BCUT2D eigenvalue weighted by molar-refractivity contribution is 0.810. The van der Waals surface area contributed by atoms with Crippen LogP contribution in [0.3, 0.4) is 0 Å². The second-order valence-electron chi connectivity index (χ2n) is 4.58. The zero-order chi connectivity index (χ0) is 11.4. The van der Waals surface area contributed by atoms with Gasteiger partial charge < -0.3 is 0 Å². The first-order valence-electron chi connectivity index (χ1n) is 6.27. The van der Waals surface area contributed by atoms with E-state index in [1.807, 2.05) is 0 Å². The zero-order valence-corrected chi connectivity index (χ0v) is 10.3. The summed E-state index contributed by atoms with van der Waals surface area (Å²) >= 11 is 0. The fraction of sp³-hybridized carbons (Fsp3) is 0.375. The van der Waals surface area contributed by atoms with Crippen molar-refractivity contribution in [3.8, 4) is 0 Å². The largest absolute Gasteiger partial charge is 0.0810 e. The molecule has 2 rings (SSSR count). The summed E-state index contributed by atoms with van der Waals surface area (Å²) in [7, 11) is 0. The Morgan fingerprint density at radius 2 is 2.12 bits per heavy atom. The molecule has 1 aromatic carbocycles. The van der Waals surface area contributed by atoms with Crippen LogP contribution in [-0.4, -0.2) is 0 Å². The molecule has 0 aromatic heterocycles. The Hall–Kier alpha value is -1.30. The molecule has 16 heavy (non-hydrogen) atoms. The standard InChI is InChI=1S/C16H20/c1-3-4-5-8-14-10-11-16-13(2)7-6-9-15(16)12-14/h6-11H,3-5,12H2,1-2H3. The number of hydrogen-bond donors (Lipinski definition) is 0. The second kappa shape index (κ2) is 5.16. The molecule has 1 aliphatic rings. The Labute approximate surface area is 98.7 Å². The van der Waals surface area contributed by atoms with Gasteiger partial charge in [0.2, 0.25) is 0 Å². The number of fused-ring (bicyclic) bond motifs is 1. The lowest BCUT2D eigenvalue weighted by atomic mass is 9.90. The second-order valence-corrected chi connectivity index (χ2v) is 4.58. The topological polar surface area (TPSA) is 0 Å². The van der Waals surface area contributed by atoms with Gasteiger partial charge in [-0.2, -0.15) is 0 Å². The SMILES string of the molecule is CCCCC=C1C=Cc2c(C)cccc2C1. The molecule has 0 fully saturated rings. The van der Waals surface area contributed by atoms with Crippen LogP contribution in [0.1, 0.15) is 42.9 Å². The van der Waals surface area contributed by atoms with Gasteiger partial charge in [-0.3, -0.25) is 0 Å². The molecular formula is C16H20. The first-order chi connectivity index (χ1) is 7.81. The fourth-order valence-corrected chi connectivity index (χ4v) is 2.24. The lowest BCUT2D eigenvalue weighted by Gasteiger charge is -2.15. The molecule has 0 aliphatic heterocycles. The van der Waals surface area contributed by atoms with Crippen LogP contribution >= 0.6 is 0 Å². The predicted octanol–water partition coefficient (Wildman–Crippen LogP) is 4.68. The van der Waals surface area contributed by atoms with E-state index in [-0.39, 0.29) is 0 Å². The van der Waals surface area contributed by atoms with Gasteiger partial charge in [-0.15, -0.1) is 0 Å². The first kappa shape index (κ1) is 11.2. The molecule has 0 saturated carbocycles. The molecule has 84 valence electrons. The van der Waals surface area contributed by atoms with Gasteiger partial charge in [0.05, 0.1) is 0 Å². The molecule has 1 aliphatic carbocycles. The predicted molar refractivity (Wildman–Crippen MR) is 71.5 cm³/mol. The first-order valence-corrected chi connectivity index (χ1v) is 6.27. The van der Waals surface area contributed by atoms with Crippen LogP contribution in [0.5, 0.6) is 0 Å². The molecule has 0 saturated heterocycles. The minimum atomic E-state index is 1.11. The van der Waals surface area contributed by atoms with Crippen LogP contribution in [0.4, 0.5) is 0 Å². The summed E-state index contributed by atoms with van der Waals surface area (Å²) in [5, 5.41) is 0. The van der Waals surface area contributed by atoms with Gasteiger partial charge in [0.25, 0.3) is 0 Å². The third-order valence-corrected chi connectivity index (χ3v) is 3.24. The minimum Gasteiger partial charge on any atom is -0.0810 e. The highest BCUT2D eigenvalue weighted by Crippen LogP contribution is 2.25. The van der Waals surface area contributed by atoms with E-state index >= 15 is 0 Å². The van der Waals surface area contributed by atoms with E-state index in [0.29, 0.717) is 0 Å². The summed E-state index contributed by atoms with van der Waals surface area (Å²) < 4.78 is 0. The van der Waals surface area contributed by atoms with Crippen molar-refractivity contribution in [2.45, 2.75) is 39.5 Å². The minimum absolute atomic E-state index is 1.11. The summed E-state index contributed by atoms with van der Waals surface area (Å²) in [5.74, 6) is 0. The number of aryl methyl sites for hydroxylation is 1. The average Bonchev–Trinajstić information content (AvgIpc) is 2.30. The van der Waals surface area contributed by atoms with Crippen molar-refractivity contribution >= 4 is 6.08 Å². The summed E-state index contributed by atoms with van der Waals surface area (Å²) in [6, 6.07) is 6.60. The van der Waals surface area contributed by atoms with Crippen molar-refractivity contribution in [3.05, 3.63) is 52.6 Å². The van der Waals surface area contributed by atoms with Crippen molar-refractivity contribution in [1.29, 1.82) is 0 Å². The Bertz CT molecular complexity index is 422. The van der Waals surface area contributed by atoms with Crippen LogP contribution in [-0.2, 0) is 6.42 Å². The number of allylic oxidation sites excluding steroid dienone is 3. The summed E-state index contributed by atoms with van der Waals surface area (Å²) in [6.07, 6.45) is 11.9. The number of rotatable bonds is 3. The highest BCUT2D eigenvalue weighted by Gasteiger charge is 2.08. The van der Waals surface area contributed by atoms with E-state index in [0.717, 1.165) is 6.42 Å². The molecule has 0 radical (unpaired) electrons. The summed E-state index contributed by atoms with van der Waals surface area (Å²) in [6.45, 7) is 4.43. The van der Waals surface area contributed by atoms with E-state index in [1.54, 1.807) is 0 Å². The van der Waals surface area contributed by atoms with Crippen LogP contribution in [0.15, 0.2) is 35.9 Å². The normalized spacial score (nSPS) is 16.5. The lowest BCUT2D eigenvalue weighted by Crippen LogP contribution is -1.99. The van der Waals surface area contributed by atoms with Gasteiger partial charge in [-0.1, -0.05) is 56.2 Å². The van der Waals surface area contributed by atoms with Gasteiger partial charge in [0.15, 0.2) is 0 Å². The van der Waals surface area contributed by atoms with Gasteiger partial charge in [0, 0.05) is 0 Å². The van der Waals surface area contributed by atoms with E-state index in [4.69, 9.17) is 0 Å². The van der Waals surface area contributed by atoms with E-state index in [9.17, 15) is 0 Å². The summed E-state index contributed by atoms with van der Waals surface area (Å²) in [5.41, 5.74) is 5.77. The van der Waals surface area contributed by atoms with Gasteiger partial charge in [0.1, 0.15) is 0 Å². The maximum atomic E-state index is 2.39. The maximum Gasteiger partial charge on any atom is -0.00229 e. The fourth-order valence-electron chi connectivity index (χ4n) is 2.24. The van der Waals surface area contributed by atoms with Crippen molar-refractivity contribution in [2.24, 2.45) is 0 Å². The van der Waals surface area contributed by atoms with E-state index < -0.39 is 0 Å². The van der Waals surface area contributed by atoms with Gasteiger partial charge in [-0.25, -0.2) is 0 Å². The number of benzene rings is 1. The molecule has 0 nitrogen and oxygen atoms in total.